The van der Waals surface area contributed by atoms with E-state index in [4.69, 9.17) is 10.5 Å². The summed E-state index contributed by atoms with van der Waals surface area (Å²) in [5.74, 6) is 0.342. The third-order valence-corrected chi connectivity index (χ3v) is 3.94. The van der Waals surface area contributed by atoms with E-state index in [1.54, 1.807) is 25.1 Å². The van der Waals surface area contributed by atoms with Crippen LogP contribution in [-0.2, 0) is 9.59 Å². The highest BCUT2D eigenvalue weighted by atomic mass is 16.5. The Morgan fingerprint density at radius 1 is 1.38 bits per heavy atom. The van der Waals surface area contributed by atoms with Gasteiger partial charge in [-0.15, -0.1) is 0 Å². The molecule has 0 aromatic heterocycles. The number of ether oxygens (including phenoxy) is 1. The maximum absolute atomic E-state index is 12.3. The third kappa shape index (κ3) is 2.53. The van der Waals surface area contributed by atoms with Crippen molar-refractivity contribution in [2.75, 3.05) is 30.3 Å². The Morgan fingerprint density at radius 3 is 2.81 bits per heavy atom. The van der Waals surface area contributed by atoms with Crippen LogP contribution < -0.4 is 15.4 Å². The molecule has 2 amide bonds. The van der Waals surface area contributed by atoms with Crippen LogP contribution >= 0.6 is 0 Å². The highest BCUT2D eigenvalue weighted by molar-refractivity contribution is 6.03. The first kappa shape index (κ1) is 13.7. The molecule has 1 aromatic carbocycles. The van der Waals surface area contributed by atoms with Gasteiger partial charge in [0.1, 0.15) is 12.3 Å². The van der Waals surface area contributed by atoms with E-state index in [2.05, 4.69) is 0 Å². The topological polar surface area (TPSA) is 75.9 Å². The van der Waals surface area contributed by atoms with Crippen LogP contribution in [0.2, 0.25) is 0 Å². The number of nitrogens with two attached hydrogens (primary N) is 1. The van der Waals surface area contributed by atoms with Gasteiger partial charge in [-0.05, 0) is 31.9 Å². The molecule has 0 saturated carbocycles. The Balaban J connectivity index is 1.86. The summed E-state index contributed by atoms with van der Waals surface area (Å²) in [5.41, 5.74) is 6.93. The highest BCUT2D eigenvalue weighted by Crippen LogP contribution is 2.35. The normalized spacial score (nSPS) is 21.2. The number of anilines is 2. The van der Waals surface area contributed by atoms with Crippen LogP contribution in [0.25, 0.3) is 0 Å². The predicted octanol–water partition coefficient (Wildman–Crippen LogP) is 1.01. The van der Waals surface area contributed by atoms with Crippen LogP contribution in [0.3, 0.4) is 0 Å². The number of hydrogen-bond acceptors (Lipinski definition) is 4. The van der Waals surface area contributed by atoms with Crippen molar-refractivity contribution >= 4 is 23.2 Å². The zero-order valence-corrected chi connectivity index (χ0v) is 12.0. The second-order valence-electron chi connectivity index (χ2n) is 5.50. The molecule has 0 bridgehead atoms. The molecule has 6 nitrogen and oxygen atoms in total. The van der Waals surface area contributed by atoms with Crippen LogP contribution in [-0.4, -0.2) is 42.5 Å². The third-order valence-electron chi connectivity index (χ3n) is 3.94. The van der Waals surface area contributed by atoms with Crippen molar-refractivity contribution < 1.29 is 14.3 Å². The molecule has 1 fully saturated rings. The summed E-state index contributed by atoms with van der Waals surface area (Å²) in [7, 11) is 0. The Labute approximate surface area is 123 Å². The molecule has 0 spiro atoms. The first-order valence-corrected chi connectivity index (χ1v) is 7.21. The van der Waals surface area contributed by atoms with Gasteiger partial charge in [0, 0.05) is 24.8 Å². The zero-order chi connectivity index (χ0) is 15.0. The van der Waals surface area contributed by atoms with Gasteiger partial charge in [0.25, 0.3) is 5.91 Å². The average molecular weight is 289 g/mol. The van der Waals surface area contributed by atoms with Crippen molar-refractivity contribution in [3.05, 3.63) is 18.2 Å². The molecule has 1 unspecified atom stereocenters. The standard InChI is InChI=1S/C15H19N3O3/c1-10-15(20)18(9-14(19)17-6-2-3-7-17)12-5-4-11(16)8-13(12)21-10/h4-5,8,10H,2-3,6-7,9,16H2,1H3. The quantitative estimate of drug-likeness (QED) is 0.824. The van der Waals surface area contributed by atoms with Crippen LogP contribution in [0.4, 0.5) is 11.4 Å². The molecule has 0 aliphatic carbocycles. The Morgan fingerprint density at radius 2 is 2.10 bits per heavy atom. The maximum Gasteiger partial charge on any atom is 0.268 e. The minimum atomic E-state index is -0.606. The van der Waals surface area contributed by atoms with Crippen LogP contribution in [0.15, 0.2) is 18.2 Å². The Kier molecular flexibility index (Phi) is 3.45. The van der Waals surface area contributed by atoms with Gasteiger partial charge < -0.3 is 15.4 Å². The lowest BCUT2D eigenvalue weighted by Gasteiger charge is -2.33. The minimum Gasteiger partial charge on any atom is -0.479 e. The second kappa shape index (κ2) is 5.27. The highest BCUT2D eigenvalue weighted by Gasteiger charge is 2.34. The maximum atomic E-state index is 12.3. The van der Waals surface area contributed by atoms with Gasteiger partial charge in [0.05, 0.1) is 5.69 Å². The summed E-state index contributed by atoms with van der Waals surface area (Å²) in [6.45, 7) is 3.30. The molecule has 1 saturated heterocycles. The van der Waals surface area contributed by atoms with Gasteiger partial charge in [-0.2, -0.15) is 0 Å². The van der Waals surface area contributed by atoms with Crippen molar-refractivity contribution in [2.45, 2.75) is 25.9 Å². The predicted molar refractivity (Wildman–Crippen MR) is 79.1 cm³/mol. The number of nitrogen functional groups attached to an aromatic ring is 1. The molecule has 1 atom stereocenters. The lowest BCUT2D eigenvalue weighted by Crippen LogP contribution is -2.49. The lowest BCUT2D eigenvalue weighted by molar-refractivity contribution is -0.132. The van der Waals surface area contributed by atoms with Gasteiger partial charge in [0.2, 0.25) is 5.91 Å². The molecule has 2 aliphatic heterocycles. The van der Waals surface area contributed by atoms with Gasteiger partial charge in [-0.1, -0.05) is 0 Å². The fourth-order valence-corrected chi connectivity index (χ4v) is 2.79. The van der Waals surface area contributed by atoms with Crippen molar-refractivity contribution in [2.24, 2.45) is 0 Å². The SMILES string of the molecule is CC1Oc2cc(N)ccc2N(CC(=O)N2CCCC2)C1=O. The molecule has 1 aromatic rings. The zero-order valence-electron chi connectivity index (χ0n) is 12.0. The number of likely N-dealkylation sites (tertiary alicyclic amines) is 1. The summed E-state index contributed by atoms with van der Waals surface area (Å²) in [4.78, 5) is 27.9. The lowest BCUT2D eigenvalue weighted by atomic mass is 10.1. The molecule has 6 heteroatoms. The molecule has 112 valence electrons. The summed E-state index contributed by atoms with van der Waals surface area (Å²) in [6.07, 6.45) is 1.46. The molecule has 2 N–H and O–H groups in total. The summed E-state index contributed by atoms with van der Waals surface area (Å²) in [5, 5.41) is 0. The number of fused-ring (bicyclic) bond motifs is 1. The van der Waals surface area contributed by atoms with Gasteiger partial charge in [-0.25, -0.2) is 0 Å². The van der Waals surface area contributed by atoms with Crippen LogP contribution in [0.1, 0.15) is 19.8 Å². The fourth-order valence-electron chi connectivity index (χ4n) is 2.79. The summed E-state index contributed by atoms with van der Waals surface area (Å²) in [6, 6.07) is 5.12. The van der Waals surface area contributed by atoms with E-state index in [0.717, 1.165) is 25.9 Å². The van der Waals surface area contributed by atoms with E-state index in [1.165, 1.54) is 4.90 Å². The number of carbonyl (C=O) groups is 2. The van der Waals surface area contributed by atoms with Gasteiger partial charge in [0.15, 0.2) is 6.10 Å². The fraction of sp³-hybridized carbons (Fsp3) is 0.467. The van der Waals surface area contributed by atoms with E-state index in [-0.39, 0.29) is 18.4 Å². The molecule has 2 heterocycles. The average Bonchev–Trinajstić information content (AvgIpc) is 2.97. The van der Waals surface area contributed by atoms with Gasteiger partial charge in [-0.3, -0.25) is 14.5 Å². The smallest absolute Gasteiger partial charge is 0.268 e. The summed E-state index contributed by atoms with van der Waals surface area (Å²) < 4.78 is 5.57. The van der Waals surface area contributed by atoms with Crippen LogP contribution in [0.5, 0.6) is 5.75 Å². The number of benzene rings is 1. The molecule has 3 rings (SSSR count). The van der Waals surface area contributed by atoms with Crippen molar-refractivity contribution in [3.63, 3.8) is 0 Å². The Bertz CT molecular complexity index is 582. The number of rotatable bonds is 2. The van der Waals surface area contributed by atoms with Gasteiger partial charge >= 0.3 is 0 Å². The molecule has 2 aliphatic rings. The number of hydrogen-bond donors (Lipinski definition) is 1. The number of carbonyl (C=O) groups excluding carboxylic acids is 2. The first-order chi connectivity index (χ1) is 10.1. The minimum absolute atomic E-state index is 0.0160. The summed E-state index contributed by atoms with van der Waals surface area (Å²) >= 11 is 0. The molecular weight excluding hydrogens is 270 g/mol. The van der Waals surface area contributed by atoms with Crippen molar-refractivity contribution in [1.29, 1.82) is 0 Å². The molecular formula is C15H19N3O3. The number of nitrogens with zero attached hydrogens (tertiary/aromatic N) is 2. The molecule has 21 heavy (non-hydrogen) atoms. The Hall–Kier alpha value is -2.24. The van der Waals surface area contributed by atoms with E-state index < -0.39 is 6.10 Å². The van der Waals surface area contributed by atoms with E-state index in [0.29, 0.717) is 17.1 Å². The van der Waals surface area contributed by atoms with E-state index >= 15 is 0 Å². The monoisotopic (exact) mass is 289 g/mol. The van der Waals surface area contributed by atoms with Crippen LogP contribution in [0, 0.1) is 0 Å². The first-order valence-electron chi connectivity index (χ1n) is 7.21. The second-order valence-corrected chi connectivity index (χ2v) is 5.50. The van der Waals surface area contributed by atoms with E-state index in [9.17, 15) is 9.59 Å². The molecule has 0 radical (unpaired) electrons. The largest absolute Gasteiger partial charge is 0.479 e. The van der Waals surface area contributed by atoms with E-state index in [1.807, 2.05) is 4.90 Å². The van der Waals surface area contributed by atoms with Crippen molar-refractivity contribution in [1.82, 2.24) is 4.90 Å². The number of amides is 2. The van der Waals surface area contributed by atoms with Crippen molar-refractivity contribution in [3.8, 4) is 5.75 Å².